The molecule has 41 heavy (non-hydrogen) atoms. The fourth-order valence-electron chi connectivity index (χ4n) is 4.22. The van der Waals surface area contributed by atoms with Gasteiger partial charge in [0.1, 0.15) is 29.8 Å². The molecule has 0 radical (unpaired) electrons. The Bertz CT molecular complexity index is 1400. The lowest BCUT2D eigenvalue weighted by Gasteiger charge is -2.34. The molecule has 0 bridgehead atoms. The number of hydrogen-bond acceptors (Lipinski definition) is 6. The molecule has 0 fully saturated rings. The van der Waals surface area contributed by atoms with Crippen LogP contribution in [-0.2, 0) is 26.2 Å². The van der Waals surface area contributed by atoms with Crippen molar-refractivity contribution in [1.29, 1.82) is 0 Å². The van der Waals surface area contributed by atoms with E-state index in [-0.39, 0.29) is 12.5 Å². The standard InChI is InChI=1S/C31H39N3O6S/c1-7-28(30(36)32-31(2,3)4)33(21-23-13-17-25(39-5)18-14-23)29(35)22-34(41(6,37)38)24-15-19-27(20-16-24)40-26-11-9-8-10-12-26/h8-20,28H,7,21-22H2,1-6H3,(H,32,36). The van der Waals surface area contributed by atoms with Gasteiger partial charge in [-0.15, -0.1) is 0 Å². The lowest BCUT2D eigenvalue weighted by Crippen LogP contribution is -2.55. The highest BCUT2D eigenvalue weighted by Gasteiger charge is 2.33. The van der Waals surface area contributed by atoms with E-state index in [0.29, 0.717) is 29.4 Å². The Morgan fingerprint density at radius 3 is 1.95 bits per heavy atom. The minimum absolute atomic E-state index is 0.111. The number of carbonyl (C=O) groups is 2. The molecule has 0 aliphatic carbocycles. The third-order valence-corrected chi connectivity index (χ3v) is 7.32. The monoisotopic (exact) mass is 581 g/mol. The van der Waals surface area contributed by atoms with Gasteiger partial charge in [-0.1, -0.05) is 37.3 Å². The number of amides is 2. The summed E-state index contributed by atoms with van der Waals surface area (Å²) in [6.45, 7) is 7.05. The predicted octanol–water partition coefficient (Wildman–Crippen LogP) is 4.98. The highest BCUT2D eigenvalue weighted by molar-refractivity contribution is 7.92. The van der Waals surface area contributed by atoms with Crippen molar-refractivity contribution >= 4 is 27.5 Å². The minimum Gasteiger partial charge on any atom is -0.497 e. The minimum atomic E-state index is -3.85. The Labute approximate surface area is 243 Å². The molecule has 0 aliphatic heterocycles. The number of anilines is 1. The van der Waals surface area contributed by atoms with E-state index in [0.717, 1.165) is 16.1 Å². The van der Waals surface area contributed by atoms with E-state index in [4.69, 9.17) is 9.47 Å². The second-order valence-corrected chi connectivity index (χ2v) is 12.6. The van der Waals surface area contributed by atoms with Crippen molar-refractivity contribution in [2.24, 2.45) is 0 Å². The quantitative estimate of drug-likeness (QED) is 0.324. The van der Waals surface area contributed by atoms with Gasteiger partial charge < -0.3 is 19.7 Å². The molecule has 0 spiro atoms. The average Bonchev–Trinajstić information content (AvgIpc) is 2.91. The normalized spacial score (nSPS) is 12.2. The first-order valence-electron chi connectivity index (χ1n) is 13.4. The summed E-state index contributed by atoms with van der Waals surface area (Å²) in [6, 6.07) is 22.0. The van der Waals surface area contributed by atoms with Crippen molar-refractivity contribution in [2.45, 2.75) is 52.2 Å². The summed E-state index contributed by atoms with van der Waals surface area (Å²) in [5, 5.41) is 2.95. The fourth-order valence-corrected chi connectivity index (χ4v) is 5.07. The van der Waals surface area contributed by atoms with Crippen molar-refractivity contribution in [3.63, 3.8) is 0 Å². The number of hydrogen-bond donors (Lipinski definition) is 1. The van der Waals surface area contributed by atoms with Gasteiger partial charge in [-0.2, -0.15) is 0 Å². The summed E-state index contributed by atoms with van der Waals surface area (Å²) in [7, 11) is -2.29. The highest BCUT2D eigenvalue weighted by atomic mass is 32.2. The topological polar surface area (TPSA) is 105 Å². The molecule has 2 amide bonds. The first kappa shape index (κ1) is 31.5. The maximum atomic E-state index is 13.9. The van der Waals surface area contributed by atoms with E-state index in [1.165, 1.54) is 4.90 Å². The van der Waals surface area contributed by atoms with E-state index in [1.54, 1.807) is 43.5 Å². The summed E-state index contributed by atoms with van der Waals surface area (Å²) in [5.74, 6) is 1.00. The molecule has 0 aliphatic rings. The summed E-state index contributed by atoms with van der Waals surface area (Å²) >= 11 is 0. The van der Waals surface area contributed by atoms with Gasteiger partial charge in [0.05, 0.1) is 19.1 Å². The summed E-state index contributed by atoms with van der Waals surface area (Å²) in [6.07, 6.45) is 1.39. The van der Waals surface area contributed by atoms with Crippen molar-refractivity contribution in [2.75, 3.05) is 24.2 Å². The van der Waals surface area contributed by atoms with Gasteiger partial charge in [-0.3, -0.25) is 13.9 Å². The number of carbonyl (C=O) groups excluding carboxylic acids is 2. The maximum absolute atomic E-state index is 13.9. The Morgan fingerprint density at radius 2 is 1.44 bits per heavy atom. The van der Waals surface area contributed by atoms with Crippen LogP contribution in [0.2, 0.25) is 0 Å². The van der Waals surface area contributed by atoms with Crippen molar-refractivity contribution in [3.8, 4) is 17.2 Å². The van der Waals surface area contributed by atoms with Crippen LogP contribution in [0.4, 0.5) is 5.69 Å². The number of methoxy groups -OCH3 is 1. The van der Waals surface area contributed by atoms with Crippen molar-refractivity contribution in [3.05, 3.63) is 84.4 Å². The molecule has 0 saturated heterocycles. The molecular weight excluding hydrogens is 542 g/mol. The number of rotatable bonds is 12. The van der Waals surface area contributed by atoms with Crippen LogP contribution in [0.3, 0.4) is 0 Å². The summed E-state index contributed by atoms with van der Waals surface area (Å²) in [4.78, 5) is 28.6. The molecule has 1 atom stereocenters. The van der Waals surface area contributed by atoms with Crippen LogP contribution in [0.5, 0.6) is 17.2 Å². The number of para-hydroxylation sites is 1. The van der Waals surface area contributed by atoms with Gasteiger partial charge in [0, 0.05) is 12.1 Å². The SMILES string of the molecule is CCC(C(=O)NC(C)(C)C)N(Cc1ccc(OC)cc1)C(=O)CN(c1ccc(Oc2ccccc2)cc1)S(C)(=O)=O. The molecule has 1 N–H and O–H groups in total. The van der Waals surface area contributed by atoms with E-state index in [2.05, 4.69) is 5.32 Å². The van der Waals surface area contributed by atoms with Crippen molar-refractivity contribution in [1.82, 2.24) is 10.2 Å². The third-order valence-electron chi connectivity index (χ3n) is 6.18. The number of nitrogens with one attached hydrogen (secondary N) is 1. The molecule has 0 saturated carbocycles. The smallest absolute Gasteiger partial charge is 0.244 e. The van der Waals surface area contributed by atoms with Crippen LogP contribution in [0.15, 0.2) is 78.9 Å². The van der Waals surface area contributed by atoms with Crippen LogP contribution in [0, 0.1) is 0 Å². The fraction of sp³-hybridized carbons (Fsp3) is 0.355. The lowest BCUT2D eigenvalue weighted by molar-refractivity contribution is -0.141. The number of benzene rings is 3. The van der Waals surface area contributed by atoms with Gasteiger partial charge in [0.25, 0.3) is 0 Å². The number of ether oxygens (including phenoxy) is 2. The highest BCUT2D eigenvalue weighted by Crippen LogP contribution is 2.26. The Morgan fingerprint density at radius 1 is 0.878 bits per heavy atom. The molecule has 220 valence electrons. The van der Waals surface area contributed by atoms with E-state index < -0.39 is 34.1 Å². The molecule has 10 heteroatoms. The Kier molecular flexibility index (Phi) is 10.4. The van der Waals surface area contributed by atoms with Crippen LogP contribution in [-0.4, -0.2) is 56.6 Å². The predicted molar refractivity (Wildman–Crippen MR) is 161 cm³/mol. The zero-order valence-corrected chi connectivity index (χ0v) is 25.3. The molecule has 1 unspecified atom stereocenters. The van der Waals surface area contributed by atoms with Crippen LogP contribution >= 0.6 is 0 Å². The summed E-state index contributed by atoms with van der Waals surface area (Å²) < 4.78 is 37.9. The van der Waals surface area contributed by atoms with Crippen LogP contribution in [0.25, 0.3) is 0 Å². The van der Waals surface area contributed by atoms with E-state index in [9.17, 15) is 18.0 Å². The first-order chi connectivity index (χ1) is 19.3. The molecule has 3 aromatic carbocycles. The number of sulfonamides is 1. The first-order valence-corrected chi connectivity index (χ1v) is 15.2. The zero-order chi connectivity index (χ0) is 30.2. The van der Waals surface area contributed by atoms with Crippen LogP contribution in [0.1, 0.15) is 39.7 Å². The summed E-state index contributed by atoms with van der Waals surface area (Å²) in [5.41, 5.74) is 0.564. The van der Waals surface area contributed by atoms with Gasteiger partial charge in [0.2, 0.25) is 21.8 Å². The second kappa shape index (κ2) is 13.5. The van der Waals surface area contributed by atoms with Crippen LogP contribution < -0.4 is 19.1 Å². The molecule has 0 heterocycles. The van der Waals surface area contributed by atoms with Crippen molar-refractivity contribution < 1.29 is 27.5 Å². The zero-order valence-electron chi connectivity index (χ0n) is 24.5. The molecule has 0 aromatic heterocycles. The molecule has 3 aromatic rings. The molecular formula is C31H39N3O6S. The van der Waals surface area contributed by atoms with Gasteiger partial charge in [0.15, 0.2) is 0 Å². The average molecular weight is 582 g/mol. The largest absolute Gasteiger partial charge is 0.497 e. The van der Waals surface area contributed by atoms with E-state index in [1.807, 2.05) is 70.2 Å². The van der Waals surface area contributed by atoms with Gasteiger partial charge in [-0.05, 0) is 81.3 Å². The number of nitrogens with zero attached hydrogens (tertiary/aromatic N) is 2. The second-order valence-electron chi connectivity index (χ2n) is 10.7. The Balaban J connectivity index is 1.91. The third kappa shape index (κ3) is 9.24. The maximum Gasteiger partial charge on any atom is 0.244 e. The van der Waals surface area contributed by atoms with E-state index >= 15 is 0 Å². The Hall–Kier alpha value is -4.05. The van der Waals surface area contributed by atoms with Gasteiger partial charge >= 0.3 is 0 Å². The lowest BCUT2D eigenvalue weighted by atomic mass is 10.1. The molecule has 9 nitrogen and oxygen atoms in total. The van der Waals surface area contributed by atoms with Gasteiger partial charge in [-0.25, -0.2) is 8.42 Å². The molecule has 3 rings (SSSR count).